The van der Waals surface area contributed by atoms with Crippen molar-refractivity contribution >= 4 is 5.97 Å². The Morgan fingerprint density at radius 1 is 1.14 bits per heavy atom. The molecule has 6 nitrogen and oxygen atoms in total. The lowest BCUT2D eigenvalue weighted by atomic mass is 10.2. The lowest BCUT2D eigenvalue weighted by Gasteiger charge is -2.20. The van der Waals surface area contributed by atoms with Crippen LogP contribution >= 0.6 is 0 Å². The molecule has 0 amide bonds. The molecule has 1 aromatic carbocycles. The number of carboxylic acid groups (broad SMARTS) is 1. The lowest BCUT2D eigenvalue weighted by molar-refractivity contribution is 0.0696. The molecule has 0 unspecified atom stereocenters. The molecule has 0 saturated heterocycles. The number of aromatic carboxylic acids is 1. The number of likely N-dealkylation sites (N-methyl/N-ethyl adjacent to an activating group) is 1. The minimum Gasteiger partial charge on any atom is -0.493 e. The summed E-state index contributed by atoms with van der Waals surface area (Å²) in [5.41, 5.74) is 0.0970. The van der Waals surface area contributed by atoms with Crippen molar-refractivity contribution in [1.82, 2.24) is 4.90 Å². The summed E-state index contributed by atoms with van der Waals surface area (Å²) in [5.74, 6) is 0.0936. The van der Waals surface area contributed by atoms with Crippen molar-refractivity contribution in [3.8, 4) is 17.2 Å². The lowest BCUT2D eigenvalue weighted by Crippen LogP contribution is -2.28. The zero-order chi connectivity index (χ0) is 15.8. The molecule has 0 bridgehead atoms. The first kappa shape index (κ1) is 17.1. The summed E-state index contributed by atoms with van der Waals surface area (Å²) >= 11 is 0. The van der Waals surface area contributed by atoms with Gasteiger partial charge in [0.25, 0.3) is 0 Å². The van der Waals surface area contributed by atoms with E-state index in [2.05, 4.69) is 18.7 Å². The first-order valence-electron chi connectivity index (χ1n) is 6.91. The Kier molecular flexibility index (Phi) is 6.81. The van der Waals surface area contributed by atoms with Gasteiger partial charge in [0.1, 0.15) is 6.61 Å². The minimum atomic E-state index is -1.04. The topological polar surface area (TPSA) is 68.2 Å². The fraction of sp³-hybridized carbons (Fsp3) is 0.533. The highest BCUT2D eigenvalue weighted by molar-refractivity contribution is 5.89. The fourth-order valence-corrected chi connectivity index (χ4v) is 1.96. The van der Waals surface area contributed by atoms with Crippen LogP contribution in [0, 0.1) is 0 Å². The van der Waals surface area contributed by atoms with E-state index in [1.54, 1.807) is 0 Å². The van der Waals surface area contributed by atoms with Crippen LogP contribution in [0.3, 0.4) is 0 Å². The smallest absolute Gasteiger partial charge is 0.335 e. The summed E-state index contributed by atoms with van der Waals surface area (Å²) in [6.07, 6.45) is 0. The second kappa shape index (κ2) is 8.36. The van der Waals surface area contributed by atoms with Gasteiger partial charge >= 0.3 is 5.97 Å². The van der Waals surface area contributed by atoms with Crippen molar-refractivity contribution in [2.75, 3.05) is 40.5 Å². The number of carboxylic acids is 1. The summed E-state index contributed by atoms with van der Waals surface area (Å²) in [4.78, 5) is 13.3. The molecule has 1 rings (SSSR count). The molecule has 0 aliphatic carbocycles. The normalized spacial score (nSPS) is 10.5. The van der Waals surface area contributed by atoms with E-state index in [0.717, 1.165) is 19.6 Å². The summed E-state index contributed by atoms with van der Waals surface area (Å²) in [6, 6.07) is 2.86. The number of hydrogen-bond acceptors (Lipinski definition) is 5. The van der Waals surface area contributed by atoms with Crippen molar-refractivity contribution in [3.63, 3.8) is 0 Å². The number of benzene rings is 1. The SMILES string of the molecule is CCN(CC)CCOc1c(OC)cc(C(=O)O)cc1OC. The van der Waals surface area contributed by atoms with Crippen molar-refractivity contribution in [2.24, 2.45) is 0 Å². The van der Waals surface area contributed by atoms with Crippen LogP contribution < -0.4 is 14.2 Å². The minimum absolute atomic E-state index is 0.0970. The predicted molar refractivity (Wildman–Crippen MR) is 79.8 cm³/mol. The van der Waals surface area contributed by atoms with E-state index in [-0.39, 0.29) is 5.56 Å². The molecule has 0 aliphatic rings. The van der Waals surface area contributed by atoms with Gasteiger partial charge in [-0.2, -0.15) is 0 Å². The Morgan fingerprint density at radius 2 is 1.67 bits per heavy atom. The van der Waals surface area contributed by atoms with Crippen molar-refractivity contribution in [2.45, 2.75) is 13.8 Å². The van der Waals surface area contributed by atoms with E-state index in [0.29, 0.717) is 23.9 Å². The molecular formula is C15H23NO5. The molecular weight excluding hydrogens is 274 g/mol. The van der Waals surface area contributed by atoms with Gasteiger partial charge in [-0.3, -0.25) is 0 Å². The van der Waals surface area contributed by atoms with Crippen LogP contribution in [0.4, 0.5) is 0 Å². The molecule has 118 valence electrons. The van der Waals surface area contributed by atoms with Gasteiger partial charge < -0.3 is 24.2 Å². The molecule has 0 saturated carbocycles. The molecule has 0 atom stereocenters. The average molecular weight is 297 g/mol. The standard InChI is InChI=1S/C15H23NO5/c1-5-16(6-2)7-8-21-14-12(19-3)9-11(15(17)18)10-13(14)20-4/h9-10H,5-8H2,1-4H3,(H,17,18). The number of ether oxygens (including phenoxy) is 3. The largest absolute Gasteiger partial charge is 0.493 e. The van der Waals surface area contributed by atoms with Gasteiger partial charge in [0, 0.05) is 6.54 Å². The van der Waals surface area contributed by atoms with Gasteiger partial charge in [0.05, 0.1) is 19.8 Å². The third-order valence-corrected chi connectivity index (χ3v) is 3.26. The van der Waals surface area contributed by atoms with Gasteiger partial charge in [-0.25, -0.2) is 4.79 Å². The zero-order valence-corrected chi connectivity index (χ0v) is 13.0. The number of carbonyl (C=O) groups is 1. The average Bonchev–Trinajstić information content (AvgIpc) is 2.50. The number of rotatable bonds is 9. The van der Waals surface area contributed by atoms with E-state index in [4.69, 9.17) is 19.3 Å². The molecule has 1 N–H and O–H groups in total. The van der Waals surface area contributed by atoms with Gasteiger partial charge in [-0.05, 0) is 25.2 Å². The van der Waals surface area contributed by atoms with E-state index in [1.807, 2.05) is 0 Å². The first-order valence-corrected chi connectivity index (χ1v) is 6.91. The molecule has 6 heteroatoms. The predicted octanol–water partition coefficient (Wildman–Crippen LogP) is 2.12. The number of hydrogen-bond donors (Lipinski definition) is 1. The van der Waals surface area contributed by atoms with Gasteiger partial charge in [-0.15, -0.1) is 0 Å². The van der Waals surface area contributed by atoms with Crippen molar-refractivity contribution < 1.29 is 24.1 Å². The van der Waals surface area contributed by atoms with Crippen molar-refractivity contribution in [1.29, 1.82) is 0 Å². The molecule has 0 spiro atoms. The third-order valence-electron chi connectivity index (χ3n) is 3.26. The molecule has 21 heavy (non-hydrogen) atoms. The van der Waals surface area contributed by atoms with E-state index in [9.17, 15) is 4.79 Å². The maximum atomic E-state index is 11.1. The van der Waals surface area contributed by atoms with Gasteiger partial charge in [0.15, 0.2) is 11.5 Å². The molecule has 1 aromatic rings. The fourth-order valence-electron chi connectivity index (χ4n) is 1.96. The molecule has 0 aromatic heterocycles. The summed E-state index contributed by atoms with van der Waals surface area (Å²) in [7, 11) is 2.94. The third kappa shape index (κ3) is 4.53. The van der Waals surface area contributed by atoms with Crippen LogP contribution in [0.5, 0.6) is 17.2 Å². The van der Waals surface area contributed by atoms with Crippen LogP contribution in [0.15, 0.2) is 12.1 Å². The van der Waals surface area contributed by atoms with Crippen LogP contribution in [-0.2, 0) is 0 Å². The van der Waals surface area contributed by atoms with Crippen LogP contribution in [-0.4, -0.2) is 56.4 Å². The second-order valence-electron chi connectivity index (χ2n) is 4.39. The number of nitrogens with zero attached hydrogens (tertiary/aromatic N) is 1. The first-order chi connectivity index (χ1) is 10.1. The second-order valence-corrected chi connectivity index (χ2v) is 4.39. The van der Waals surface area contributed by atoms with Gasteiger partial charge in [0.2, 0.25) is 5.75 Å². The summed E-state index contributed by atoms with van der Waals surface area (Å²) < 4.78 is 16.1. The molecule has 0 aliphatic heterocycles. The molecule has 0 radical (unpaired) electrons. The van der Waals surface area contributed by atoms with Crippen LogP contribution in [0.1, 0.15) is 24.2 Å². The maximum absolute atomic E-state index is 11.1. The van der Waals surface area contributed by atoms with E-state index < -0.39 is 5.97 Å². The van der Waals surface area contributed by atoms with E-state index >= 15 is 0 Å². The highest BCUT2D eigenvalue weighted by Gasteiger charge is 2.17. The van der Waals surface area contributed by atoms with Crippen LogP contribution in [0.25, 0.3) is 0 Å². The Labute approximate surface area is 125 Å². The molecule has 0 heterocycles. The van der Waals surface area contributed by atoms with Gasteiger partial charge in [-0.1, -0.05) is 13.8 Å². The highest BCUT2D eigenvalue weighted by atomic mass is 16.5. The highest BCUT2D eigenvalue weighted by Crippen LogP contribution is 2.38. The summed E-state index contributed by atoms with van der Waals surface area (Å²) in [5, 5.41) is 9.07. The van der Waals surface area contributed by atoms with Crippen LogP contribution in [0.2, 0.25) is 0 Å². The maximum Gasteiger partial charge on any atom is 0.335 e. The Balaban J connectivity index is 2.91. The van der Waals surface area contributed by atoms with E-state index in [1.165, 1.54) is 26.4 Å². The zero-order valence-electron chi connectivity index (χ0n) is 13.0. The number of methoxy groups -OCH3 is 2. The molecule has 0 fully saturated rings. The Hall–Kier alpha value is -1.95. The summed E-state index contributed by atoms with van der Waals surface area (Å²) in [6.45, 7) is 7.33. The van der Waals surface area contributed by atoms with Crippen molar-refractivity contribution in [3.05, 3.63) is 17.7 Å². The Morgan fingerprint density at radius 3 is 2.05 bits per heavy atom. The Bertz CT molecular complexity index is 446. The quantitative estimate of drug-likeness (QED) is 0.753. The monoisotopic (exact) mass is 297 g/mol.